The van der Waals surface area contributed by atoms with Gasteiger partial charge >= 0.3 is 0 Å². The standard InChI is InChI=1S/C22H28N2O.ClH/c1-2-24-19-11-7-6-10-17(19)18-14-16(12-13-20(18)24)21(23)22(25)15-8-4-3-5-9-15;/h6-7,10-15,21-22,25H,2-5,8-9,23H2,1H3;1H/t21-,22+;/m1./s1. The quantitative estimate of drug-likeness (QED) is 0.663. The zero-order chi connectivity index (χ0) is 17.4. The molecular weight excluding hydrogens is 344 g/mol. The predicted octanol–water partition coefficient (Wildman–Crippen LogP) is 5.18. The first-order valence-electron chi connectivity index (χ1n) is 9.65. The highest BCUT2D eigenvalue weighted by molar-refractivity contribution is 6.08. The van der Waals surface area contributed by atoms with Gasteiger partial charge in [0.05, 0.1) is 12.1 Å². The van der Waals surface area contributed by atoms with Crippen molar-refractivity contribution in [3.63, 3.8) is 0 Å². The Morgan fingerprint density at radius 2 is 1.73 bits per heavy atom. The number of fused-ring (bicyclic) bond motifs is 3. The van der Waals surface area contributed by atoms with E-state index in [2.05, 4.69) is 54.0 Å². The summed E-state index contributed by atoms with van der Waals surface area (Å²) in [5.41, 5.74) is 10.0. The summed E-state index contributed by atoms with van der Waals surface area (Å²) < 4.78 is 2.34. The molecular formula is C22H29ClN2O. The first kappa shape index (κ1) is 19.2. The molecule has 4 rings (SSSR count). The van der Waals surface area contributed by atoms with E-state index in [1.807, 2.05) is 0 Å². The first-order chi connectivity index (χ1) is 12.2. The molecule has 3 N–H and O–H groups in total. The van der Waals surface area contributed by atoms with Crippen LogP contribution in [0.5, 0.6) is 0 Å². The fraction of sp³-hybridized carbons (Fsp3) is 0.455. The summed E-state index contributed by atoms with van der Waals surface area (Å²) in [7, 11) is 0. The molecule has 1 heterocycles. The van der Waals surface area contributed by atoms with Crippen LogP contribution in [0.4, 0.5) is 0 Å². The number of halogens is 1. The Bertz CT molecular complexity index is 882. The zero-order valence-electron chi connectivity index (χ0n) is 15.4. The monoisotopic (exact) mass is 372 g/mol. The molecule has 4 heteroatoms. The summed E-state index contributed by atoms with van der Waals surface area (Å²) in [5.74, 6) is 0.344. The summed E-state index contributed by atoms with van der Waals surface area (Å²) in [5, 5.41) is 13.3. The molecule has 1 aliphatic rings. The van der Waals surface area contributed by atoms with Crippen molar-refractivity contribution in [2.45, 2.75) is 57.7 Å². The maximum Gasteiger partial charge on any atom is 0.0760 e. The van der Waals surface area contributed by atoms with Crippen molar-refractivity contribution in [2.75, 3.05) is 0 Å². The molecule has 3 aromatic rings. The Balaban J connectivity index is 0.00000196. The summed E-state index contributed by atoms with van der Waals surface area (Å²) >= 11 is 0. The molecule has 140 valence electrons. The molecule has 0 radical (unpaired) electrons. The van der Waals surface area contributed by atoms with Crippen LogP contribution in [0, 0.1) is 5.92 Å². The summed E-state index contributed by atoms with van der Waals surface area (Å²) in [6.45, 7) is 3.12. The highest BCUT2D eigenvalue weighted by atomic mass is 35.5. The van der Waals surface area contributed by atoms with Crippen molar-refractivity contribution in [3.8, 4) is 0 Å². The van der Waals surface area contributed by atoms with Gasteiger partial charge in [-0.2, -0.15) is 0 Å². The first-order valence-corrected chi connectivity index (χ1v) is 9.65. The number of nitrogens with two attached hydrogens (primary N) is 1. The second-order valence-corrected chi connectivity index (χ2v) is 7.45. The van der Waals surface area contributed by atoms with Gasteiger partial charge in [-0.05, 0) is 49.4 Å². The lowest BCUT2D eigenvalue weighted by Gasteiger charge is -2.30. The lowest BCUT2D eigenvalue weighted by atomic mass is 9.81. The van der Waals surface area contributed by atoms with Gasteiger partial charge in [0.1, 0.15) is 0 Å². The summed E-state index contributed by atoms with van der Waals surface area (Å²) in [6.07, 6.45) is 5.49. The van der Waals surface area contributed by atoms with Gasteiger partial charge in [-0.15, -0.1) is 12.4 Å². The van der Waals surface area contributed by atoms with E-state index in [-0.39, 0.29) is 18.4 Å². The van der Waals surface area contributed by atoms with Gasteiger partial charge in [-0.25, -0.2) is 0 Å². The number of rotatable bonds is 4. The average molecular weight is 373 g/mol. The van der Waals surface area contributed by atoms with Gasteiger partial charge in [0.15, 0.2) is 0 Å². The van der Waals surface area contributed by atoms with Gasteiger partial charge in [-0.1, -0.05) is 43.5 Å². The largest absolute Gasteiger partial charge is 0.391 e. The minimum atomic E-state index is -0.447. The van der Waals surface area contributed by atoms with Crippen LogP contribution >= 0.6 is 12.4 Å². The highest BCUT2D eigenvalue weighted by Crippen LogP contribution is 2.34. The van der Waals surface area contributed by atoms with Crippen LogP contribution in [0.15, 0.2) is 42.5 Å². The van der Waals surface area contributed by atoms with Crippen molar-refractivity contribution in [1.82, 2.24) is 4.57 Å². The molecule has 3 nitrogen and oxygen atoms in total. The van der Waals surface area contributed by atoms with Gasteiger partial charge < -0.3 is 15.4 Å². The number of hydrogen-bond acceptors (Lipinski definition) is 2. The number of nitrogens with zero attached hydrogens (tertiary/aromatic N) is 1. The average Bonchev–Trinajstić information content (AvgIpc) is 3.00. The molecule has 1 aliphatic carbocycles. The lowest BCUT2D eigenvalue weighted by Crippen LogP contribution is -2.34. The normalized spacial score (nSPS) is 18.0. The Morgan fingerprint density at radius 3 is 2.46 bits per heavy atom. The lowest BCUT2D eigenvalue weighted by molar-refractivity contribution is 0.0618. The third kappa shape index (κ3) is 3.24. The number of hydrogen-bond donors (Lipinski definition) is 2. The second kappa shape index (κ2) is 7.99. The Hall–Kier alpha value is -1.55. The zero-order valence-corrected chi connectivity index (χ0v) is 16.2. The molecule has 0 amide bonds. The van der Waals surface area contributed by atoms with E-state index in [0.29, 0.717) is 5.92 Å². The molecule has 26 heavy (non-hydrogen) atoms. The Kier molecular flexibility index (Phi) is 5.91. The molecule has 1 fully saturated rings. The van der Waals surface area contributed by atoms with E-state index >= 15 is 0 Å². The van der Waals surface area contributed by atoms with Gasteiger partial charge in [-0.3, -0.25) is 0 Å². The third-order valence-electron chi connectivity index (χ3n) is 6.00. The fourth-order valence-corrected chi connectivity index (χ4v) is 4.59. The van der Waals surface area contributed by atoms with Crippen LogP contribution in [0.3, 0.4) is 0 Å². The van der Waals surface area contributed by atoms with Gasteiger partial charge in [0.25, 0.3) is 0 Å². The number of aliphatic hydroxyl groups is 1. The van der Waals surface area contributed by atoms with Crippen LogP contribution in [0.2, 0.25) is 0 Å². The Morgan fingerprint density at radius 1 is 1.04 bits per heavy atom. The second-order valence-electron chi connectivity index (χ2n) is 7.45. The van der Waals surface area contributed by atoms with Crippen molar-refractivity contribution in [3.05, 3.63) is 48.0 Å². The molecule has 0 aliphatic heterocycles. The number of aromatic nitrogens is 1. The topological polar surface area (TPSA) is 51.2 Å². The van der Waals surface area contributed by atoms with E-state index in [4.69, 9.17) is 5.73 Å². The number of aryl methyl sites for hydroxylation is 1. The van der Waals surface area contributed by atoms with Crippen LogP contribution in [-0.2, 0) is 6.54 Å². The van der Waals surface area contributed by atoms with Crippen molar-refractivity contribution in [2.24, 2.45) is 11.7 Å². The van der Waals surface area contributed by atoms with Crippen LogP contribution < -0.4 is 5.73 Å². The van der Waals surface area contributed by atoms with Crippen molar-refractivity contribution < 1.29 is 5.11 Å². The van der Waals surface area contributed by atoms with E-state index in [1.54, 1.807) is 0 Å². The van der Waals surface area contributed by atoms with E-state index in [1.165, 1.54) is 41.1 Å². The van der Waals surface area contributed by atoms with Gasteiger partial charge in [0.2, 0.25) is 0 Å². The van der Waals surface area contributed by atoms with Crippen LogP contribution in [0.25, 0.3) is 21.8 Å². The van der Waals surface area contributed by atoms with Crippen LogP contribution in [0.1, 0.15) is 50.6 Å². The number of para-hydroxylation sites is 1. The van der Waals surface area contributed by atoms with Crippen LogP contribution in [-0.4, -0.2) is 15.8 Å². The maximum atomic E-state index is 10.8. The van der Waals surface area contributed by atoms with E-state index in [9.17, 15) is 5.11 Å². The molecule has 2 atom stereocenters. The van der Waals surface area contributed by atoms with Crippen molar-refractivity contribution in [1.29, 1.82) is 0 Å². The van der Waals surface area contributed by atoms with Gasteiger partial charge in [0, 0.05) is 28.4 Å². The maximum absolute atomic E-state index is 10.8. The smallest absolute Gasteiger partial charge is 0.0760 e. The molecule has 0 saturated heterocycles. The molecule has 1 aromatic heterocycles. The summed E-state index contributed by atoms with van der Waals surface area (Å²) in [6, 6.07) is 14.7. The molecule has 0 bridgehead atoms. The van der Waals surface area contributed by atoms with E-state index in [0.717, 1.165) is 24.9 Å². The molecule has 1 saturated carbocycles. The summed E-state index contributed by atoms with van der Waals surface area (Å²) in [4.78, 5) is 0. The molecule has 2 aromatic carbocycles. The van der Waals surface area contributed by atoms with Crippen molar-refractivity contribution >= 4 is 34.2 Å². The minimum absolute atomic E-state index is 0. The SMILES string of the molecule is CCn1c2ccccc2c2cc([C@@H](N)[C@@H](O)C3CCCCC3)ccc21.Cl. The predicted molar refractivity (Wildman–Crippen MR) is 112 cm³/mol. The molecule has 0 spiro atoms. The number of aliphatic hydroxyl groups excluding tert-OH is 1. The number of benzene rings is 2. The Labute approximate surface area is 161 Å². The molecule has 0 unspecified atom stereocenters. The fourth-order valence-electron chi connectivity index (χ4n) is 4.59. The third-order valence-corrected chi connectivity index (χ3v) is 6.00. The minimum Gasteiger partial charge on any atom is -0.391 e. The van der Waals surface area contributed by atoms with E-state index < -0.39 is 6.10 Å². The highest BCUT2D eigenvalue weighted by Gasteiger charge is 2.28.